The molecule has 4 aromatic rings. The summed E-state index contributed by atoms with van der Waals surface area (Å²) in [6.07, 6.45) is 7.98. The SMILES string of the molecule is CCCOCCOCCOCCOCCC(=O)NCCCCn1nc(-c2cnc3[nH]ccc3c2)c2c(N)ncnc21. The Balaban J connectivity index is 1.10. The zero-order valence-corrected chi connectivity index (χ0v) is 23.6. The van der Waals surface area contributed by atoms with E-state index in [1.807, 2.05) is 23.0 Å². The fourth-order valence-corrected chi connectivity index (χ4v) is 4.23. The van der Waals surface area contributed by atoms with Crippen molar-refractivity contribution in [1.82, 2.24) is 35.0 Å². The Hall–Kier alpha value is -3.65. The molecule has 0 bridgehead atoms. The summed E-state index contributed by atoms with van der Waals surface area (Å²) in [6.45, 7) is 7.52. The third kappa shape index (κ3) is 9.18. The molecule has 0 fully saturated rings. The molecule has 0 aliphatic carbocycles. The van der Waals surface area contributed by atoms with E-state index < -0.39 is 0 Å². The number of hydrogen-bond donors (Lipinski definition) is 3. The van der Waals surface area contributed by atoms with E-state index in [4.69, 9.17) is 29.8 Å². The lowest BCUT2D eigenvalue weighted by Gasteiger charge is -2.08. The Morgan fingerprint density at radius 1 is 0.976 bits per heavy atom. The highest BCUT2D eigenvalue weighted by molar-refractivity contribution is 5.99. The Bertz CT molecular complexity index is 1360. The van der Waals surface area contributed by atoms with Crippen LogP contribution in [0.3, 0.4) is 0 Å². The Morgan fingerprint density at radius 2 is 1.71 bits per heavy atom. The maximum atomic E-state index is 12.1. The van der Waals surface area contributed by atoms with E-state index in [2.05, 4.69) is 32.2 Å². The van der Waals surface area contributed by atoms with Crippen molar-refractivity contribution in [3.8, 4) is 11.3 Å². The van der Waals surface area contributed by atoms with Crippen LogP contribution in [0.15, 0.2) is 30.9 Å². The summed E-state index contributed by atoms with van der Waals surface area (Å²) in [7, 11) is 0. The van der Waals surface area contributed by atoms with Gasteiger partial charge in [-0.3, -0.25) is 4.79 Å². The number of nitrogen functional groups attached to an aromatic ring is 1. The Labute approximate surface area is 239 Å². The highest BCUT2D eigenvalue weighted by atomic mass is 16.6. The number of nitrogens with two attached hydrogens (primary N) is 1. The molecule has 0 aliphatic rings. The molecular weight excluding hydrogens is 528 g/mol. The van der Waals surface area contributed by atoms with E-state index in [9.17, 15) is 4.79 Å². The molecule has 13 heteroatoms. The second-order valence-electron chi connectivity index (χ2n) is 9.43. The molecule has 222 valence electrons. The number of aromatic amines is 1. The number of rotatable bonds is 20. The first-order valence-corrected chi connectivity index (χ1v) is 14.2. The zero-order valence-electron chi connectivity index (χ0n) is 23.6. The molecule has 0 aromatic carbocycles. The quantitative estimate of drug-likeness (QED) is 0.135. The van der Waals surface area contributed by atoms with Gasteiger partial charge in [0.15, 0.2) is 5.65 Å². The Kier molecular flexibility index (Phi) is 12.3. The van der Waals surface area contributed by atoms with E-state index in [1.54, 1.807) is 6.20 Å². The molecule has 0 spiro atoms. The number of nitrogens with zero attached hydrogens (tertiary/aromatic N) is 5. The number of H-pyrrole nitrogens is 1. The number of ether oxygens (including phenoxy) is 4. The monoisotopic (exact) mass is 568 g/mol. The summed E-state index contributed by atoms with van der Waals surface area (Å²) >= 11 is 0. The summed E-state index contributed by atoms with van der Waals surface area (Å²) < 4.78 is 23.5. The minimum absolute atomic E-state index is 0.0374. The summed E-state index contributed by atoms with van der Waals surface area (Å²) in [6, 6.07) is 3.98. The van der Waals surface area contributed by atoms with Gasteiger partial charge in [0.05, 0.1) is 51.6 Å². The summed E-state index contributed by atoms with van der Waals surface area (Å²) in [5, 5.41) is 9.44. The minimum atomic E-state index is -0.0374. The Morgan fingerprint density at radius 3 is 2.46 bits per heavy atom. The standard InChI is InChI=1S/C28H40N8O5/c1-2-10-38-12-14-40-16-17-41-15-13-39-11-6-23(37)30-7-3-4-9-36-28-24(26(29)33-20-34-28)25(35-36)22-18-21-5-8-31-27(21)32-19-22/h5,8,18-20H,2-4,6-7,9-17H2,1H3,(H,30,37)(H,31,32)(H2,29,33,34). The van der Waals surface area contributed by atoms with Gasteiger partial charge in [-0.15, -0.1) is 0 Å². The van der Waals surface area contributed by atoms with Crippen molar-refractivity contribution >= 4 is 33.8 Å². The van der Waals surface area contributed by atoms with Gasteiger partial charge in [0, 0.05) is 49.5 Å². The fourth-order valence-electron chi connectivity index (χ4n) is 4.23. The number of hydrogen-bond acceptors (Lipinski definition) is 10. The zero-order chi connectivity index (χ0) is 28.7. The van der Waals surface area contributed by atoms with Crippen LogP contribution in [0.4, 0.5) is 5.82 Å². The van der Waals surface area contributed by atoms with Gasteiger partial charge < -0.3 is 35.0 Å². The molecule has 4 heterocycles. The average Bonchev–Trinajstić information content (AvgIpc) is 3.60. The second-order valence-corrected chi connectivity index (χ2v) is 9.43. The van der Waals surface area contributed by atoms with Gasteiger partial charge in [0.2, 0.25) is 5.91 Å². The number of unbranched alkanes of at least 4 members (excludes halogenated alkanes) is 1. The van der Waals surface area contributed by atoms with Gasteiger partial charge in [-0.2, -0.15) is 5.10 Å². The summed E-state index contributed by atoms with van der Waals surface area (Å²) in [5.41, 5.74) is 9.25. The topological polar surface area (TPSA) is 164 Å². The predicted molar refractivity (Wildman–Crippen MR) is 155 cm³/mol. The van der Waals surface area contributed by atoms with Gasteiger partial charge in [-0.25, -0.2) is 19.6 Å². The number of carbonyl (C=O) groups excluding carboxylic acids is 1. The van der Waals surface area contributed by atoms with Crippen molar-refractivity contribution < 1.29 is 23.7 Å². The van der Waals surface area contributed by atoms with Crippen LogP contribution in [0.5, 0.6) is 0 Å². The molecule has 1 amide bonds. The van der Waals surface area contributed by atoms with Crippen LogP contribution >= 0.6 is 0 Å². The highest BCUT2D eigenvalue weighted by Gasteiger charge is 2.17. The molecule has 0 unspecified atom stereocenters. The largest absolute Gasteiger partial charge is 0.383 e. The minimum Gasteiger partial charge on any atom is -0.383 e. The summed E-state index contributed by atoms with van der Waals surface area (Å²) in [5.74, 6) is 0.341. The number of carbonyl (C=O) groups is 1. The first-order valence-electron chi connectivity index (χ1n) is 14.2. The van der Waals surface area contributed by atoms with Crippen LogP contribution in [0, 0.1) is 0 Å². The van der Waals surface area contributed by atoms with E-state index in [0.29, 0.717) is 88.3 Å². The van der Waals surface area contributed by atoms with E-state index >= 15 is 0 Å². The molecular formula is C28H40N8O5. The third-order valence-corrected chi connectivity index (χ3v) is 6.29. The lowest BCUT2D eigenvalue weighted by Crippen LogP contribution is -2.26. The molecule has 13 nitrogen and oxygen atoms in total. The van der Waals surface area contributed by atoms with Gasteiger partial charge in [-0.05, 0) is 31.4 Å². The number of fused-ring (bicyclic) bond motifs is 2. The van der Waals surface area contributed by atoms with Crippen LogP contribution in [0.2, 0.25) is 0 Å². The van der Waals surface area contributed by atoms with Gasteiger partial charge >= 0.3 is 0 Å². The normalized spacial score (nSPS) is 11.5. The molecule has 0 saturated heterocycles. The molecule has 0 aliphatic heterocycles. The number of nitrogens with one attached hydrogen (secondary N) is 2. The maximum absolute atomic E-state index is 12.1. The molecule has 4 aromatic heterocycles. The van der Waals surface area contributed by atoms with Crippen molar-refractivity contribution in [3.63, 3.8) is 0 Å². The number of anilines is 1. The van der Waals surface area contributed by atoms with Crippen molar-refractivity contribution in [1.29, 1.82) is 0 Å². The van der Waals surface area contributed by atoms with Gasteiger partial charge in [-0.1, -0.05) is 6.92 Å². The second kappa shape index (κ2) is 16.6. The third-order valence-electron chi connectivity index (χ3n) is 6.29. The smallest absolute Gasteiger partial charge is 0.222 e. The fraction of sp³-hybridized carbons (Fsp3) is 0.536. The van der Waals surface area contributed by atoms with Crippen LogP contribution in [-0.4, -0.2) is 95.0 Å². The van der Waals surface area contributed by atoms with E-state index in [1.165, 1.54) is 6.33 Å². The maximum Gasteiger partial charge on any atom is 0.222 e. The first kappa shape index (κ1) is 30.3. The number of amides is 1. The number of pyridine rings is 1. The van der Waals surface area contributed by atoms with E-state index in [-0.39, 0.29) is 5.91 Å². The molecule has 0 saturated carbocycles. The molecule has 41 heavy (non-hydrogen) atoms. The van der Waals surface area contributed by atoms with E-state index in [0.717, 1.165) is 42.5 Å². The van der Waals surface area contributed by atoms with Crippen LogP contribution in [-0.2, 0) is 30.3 Å². The van der Waals surface area contributed by atoms with Crippen molar-refractivity contribution in [3.05, 3.63) is 30.9 Å². The molecule has 0 atom stereocenters. The lowest BCUT2D eigenvalue weighted by molar-refractivity contribution is -0.122. The van der Waals surface area contributed by atoms with Gasteiger partial charge in [0.25, 0.3) is 0 Å². The lowest BCUT2D eigenvalue weighted by atomic mass is 10.1. The number of aromatic nitrogens is 6. The molecule has 4 N–H and O–H groups in total. The molecule has 0 radical (unpaired) electrons. The predicted octanol–water partition coefficient (Wildman–Crippen LogP) is 2.71. The summed E-state index contributed by atoms with van der Waals surface area (Å²) in [4.78, 5) is 28.3. The van der Waals surface area contributed by atoms with Crippen molar-refractivity contribution in [2.24, 2.45) is 0 Å². The van der Waals surface area contributed by atoms with Crippen molar-refractivity contribution in [2.45, 2.75) is 39.2 Å². The van der Waals surface area contributed by atoms with Crippen LogP contribution < -0.4 is 11.1 Å². The van der Waals surface area contributed by atoms with Crippen LogP contribution in [0.1, 0.15) is 32.6 Å². The average molecular weight is 569 g/mol. The van der Waals surface area contributed by atoms with Crippen LogP contribution in [0.25, 0.3) is 33.3 Å². The highest BCUT2D eigenvalue weighted by Crippen LogP contribution is 2.31. The first-order chi connectivity index (χ1) is 20.2. The van der Waals surface area contributed by atoms with Crippen molar-refractivity contribution in [2.75, 3.05) is 65.1 Å². The van der Waals surface area contributed by atoms with Gasteiger partial charge in [0.1, 0.15) is 23.5 Å². The molecule has 4 rings (SSSR count). The number of aryl methyl sites for hydroxylation is 1.